The zero-order valence-corrected chi connectivity index (χ0v) is 22.0. The van der Waals surface area contributed by atoms with Crippen LogP contribution in [-0.2, 0) is 9.47 Å². The molecule has 38 heavy (non-hydrogen) atoms. The number of rotatable bonds is 6. The van der Waals surface area contributed by atoms with E-state index < -0.39 is 17.7 Å². The number of esters is 1. The van der Waals surface area contributed by atoms with Gasteiger partial charge in [-0.2, -0.15) is 5.10 Å². The van der Waals surface area contributed by atoms with Gasteiger partial charge in [0, 0.05) is 23.9 Å². The quantitative estimate of drug-likeness (QED) is 0.444. The molecule has 0 spiro atoms. The van der Waals surface area contributed by atoms with Crippen LogP contribution in [-0.4, -0.2) is 61.8 Å². The summed E-state index contributed by atoms with van der Waals surface area (Å²) in [6, 6.07) is 9.63. The summed E-state index contributed by atoms with van der Waals surface area (Å²) in [7, 11) is 0. The third kappa shape index (κ3) is 6.34. The van der Waals surface area contributed by atoms with E-state index in [9.17, 15) is 14.4 Å². The Morgan fingerprint density at radius 1 is 1.13 bits per heavy atom. The number of H-pyrrole nitrogens is 1. The normalized spacial score (nSPS) is 15.6. The highest BCUT2D eigenvalue weighted by Crippen LogP contribution is 2.33. The van der Waals surface area contributed by atoms with Crippen molar-refractivity contribution < 1.29 is 23.9 Å². The molecule has 3 heterocycles. The van der Waals surface area contributed by atoms with Gasteiger partial charge in [-0.25, -0.2) is 14.6 Å². The van der Waals surface area contributed by atoms with Crippen LogP contribution in [0.3, 0.4) is 0 Å². The van der Waals surface area contributed by atoms with E-state index in [1.165, 1.54) is 6.20 Å². The number of imidazole rings is 1. The second-order valence-corrected chi connectivity index (χ2v) is 9.89. The number of hydrogen-bond donors (Lipinski definition) is 2. The predicted octanol–water partition coefficient (Wildman–Crippen LogP) is 4.76. The number of benzene rings is 1. The van der Waals surface area contributed by atoms with Crippen molar-refractivity contribution in [3.05, 3.63) is 59.7 Å². The van der Waals surface area contributed by atoms with Crippen molar-refractivity contribution >= 4 is 23.8 Å². The number of anilines is 1. The molecule has 0 radical (unpaired) electrons. The van der Waals surface area contributed by atoms with E-state index in [0.29, 0.717) is 41.4 Å². The molecule has 1 aliphatic heterocycles. The van der Waals surface area contributed by atoms with Crippen molar-refractivity contribution in [2.24, 2.45) is 0 Å². The number of likely N-dealkylation sites (tertiary alicyclic amines) is 1. The van der Waals surface area contributed by atoms with Crippen LogP contribution < -0.4 is 5.32 Å². The van der Waals surface area contributed by atoms with Gasteiger partial charge in [0.05, 0.1) is 12.6 Å². The first kappa shape index (κ1) is 26.8. The lowest BCUT2D eigenvalue weighted by Gasteiger charge is -2.35. The van der Waals surface area contributed by atoms with E-state index in [-0.39, 0.29) is 24.2 Å². The van der Waals surface area contributed by atoms with Gasteiger partial charge < -0.3 is 19.8 Å². The lowest BCUT2D eigenvalue weighted by atomic mass is 10.0. The van der Waals surface area contributed by atoms with Gasteiger partial charge in [0.1, 0.15) is 17.1 Å². The number of amides is 2. The van der Waals surface area contributed by atoms with Crippen LogP contribution in [0.1, 0.15) is 79.7 Å². The van der Waals surface area contributed by atoms with E-state index in [2.05, 4.69) is 20.5 Å². The number of nitrogens with one attached hydrogen (secondary N) is 2. The fourth-order valence-corrected chi connectivity index (χ4v) is 4.20. The number of piperidine rings is 1. The number of carbonyl (C=O) groups excluding carboxylic acids is 3. The third-order valence-corrected chi connectivity index (χ3v) is 5.88. The molecule has 200 valence electrons. The van der Waals surface area contributed by atoms with Gasteiger partial charge in [-0.3, -0.25) is 9.69 Å². The molecule has 2 aromatic heterocycles. The Hall–Kier alpha value is -4.28. The molecule has 2 N–H and O–H groups in total. The minimum absolute atomic E-state index is 0.188. The predicted molar refractivity (Wildman–Crippen MR) is 139 cm³/mol. The Bertz CT molecular complexity index is 1280. The second-order valence-electron chi connectivity index (χ2n) is 9.89. The fraction of sp³-hybridized carbons (Fsp3) is 0.407. The monoisotopic (exact) mass is 520 g/mol. The molecular weight excluding hydrogens is 488 g/mol. The molecule has 1 aromatic carbocycles. The number of hydrogen-bond acceptors (Lipinski definition) is 8. The van der Waals surface area contributed by atoms with E-state index in [4.69, 9.17) is 14.5 Å². The van der Waals surface area contributed by atoms with Crippen molar-refractivity contribution in [3.63, 3.8) is 0 Å². The molecular formula is C27H32N6O5. The highest BCUT2D eigenvalue weighted by Gasteiger charge is 2.34. The Balaban J connectivity index is 1.63. The number of aromatic nitrogens is 4. The highest BCUT2D eigenvalue weighted by atomic mass is 16.6. The third-order valence-electron chi connectivity index (χ3n) is 5.88. The molecule has 11 nitrogen and oxygen atoms in total. The SMILES string of the molecule is CCOC(=O)c1[nH]c(C2CCCCN2C(=O)OC(C)(C)C)nc1-c1ccc(C(=O)Nc2cccnn2)cc1. The fourth-order valence-electron chi connectivity index (χ4n) is 4.20. The Morgan fingerprint density at radius 2 is 1.89 bits per heavy atom. The van der Waals surface area contributed by atoms with Gasteiger partial charge in [-0.1, -0.05) is 12.1 Å². The Kier molecular flexibility index (Phi) is 8.04. The summed E-state index contributed by atoms with van der Waals surface area (Å²) in [5, 5.41) is 10.3. The molecule has 1 atom stereocenters. The molecule has 1 aliphatic rings. The van der Waals surface area contributed by atoms with Gasteiger partial charge in [0.2, 0.25) is 0 Å². The highest BCUT2D eigenvalue weighted by molar-refractivity contribution is 6.04. The van der Waals surface area contributed by atoms with Crippen LogP contribution in [0, 0.1) is 0 Å². The van der Waals surface area contributed by atoms with E-state index in [0.717, 1.165) is 12.8 Å². The first-order valence-corrected chi connectivity index (χ1v) is 12.6. The minimum atomic E-state index is -0.634. The van der Waals surface area contributed by atoms with Gasteiger partial charge in [0.15, 0.2) is 11.5 Å². The molecule has 1 saturated heterocycles. The molecule has 0 bridgehead atoms. The van der Waals surface area contributed by atoms with Gasteiger partial charge >= 0.3 is 12.1 Å². The summed E-state index contributed by atoms with van der Waals surface area (Å²) < 4.78 is 10.9. The summed E-state index contributed by atoms with van der Waals surface area (Å²) in [5.41, 5.74) is 0.954. The maximum atomic E-state index is 13.0. The lowest BCUT2D eigenvalue weighted by Crippen LogP contribution is -2.42. The summed E-state index contributed by atoms with van der Waals surface area (Å²) >= 11 is 0. The van der Waals surface area contributed by atoms with Gasteiger partial charge in [-0.15, -0.1) is 5.10 Å². The molecule has 1 fully saturated rings. The van der Waals surface area contributed by atoms with Crippen molar-refractivity contribution in [3.8, 4) is 11.3 Å². The topological polar surface area (TPSA) is 139 Å². The van der Waals surface area contributed by atoms with Crippen LogP contribution in [0.2, 0.25) is 0 Å². The molecule has 0 saturated carbocycles. The van der Waals surface area contributed by atoms with Gasteiger partial charge in [-0.05, 0) is 71.2 Å². The van der Waals surface area contributed by atoms with Crippen molar-refractivity contribution in [1.29, 1.82) is 0 Å². The number of nitrogens with zero attached hydrogens (tertiary/aromatic N) is 4. The molecule has 2 amide bonds. The average molecular weight is 521 g/mol. The second kappa shape index (κ2) is 11.4. The standard InChI is InChI=1S/C27H32N6O5/c1-5-37-25(35)22-21(17-11-13-18(14-12-17)24(34)29-20-10-8-15-28-32-20)30-23(31-22)19-9-6-7-16-33(19)26(36)38-27(2,3)4/h8,10-15,19H,5-7,9,16H2,1-4H3,(H,30,31)(H,29,32,34). The summed E-state index contributed by atoms with van der Waals surface area (Å²) in [4.78, 5) is 47.9. The largest absolute Gasteiger partial charge is 0.461 e. The summed E-state index contributed by atoms with van der Waals surface area (Å²) in [6.07, 6.45) is 3.53. The number of aromatic amines is 1. The van der Waals surface area contributed by atoms with E-state index in [1.54, 1.807) is 48.2 Å². The molecule has 3 aromatic rings. The van der Waals surface area contributed by atoms with Crippen LogP contribution in [0.5, 0.6) is 0 Å². The lowest BCUT2D eigenvalue weighted by molar-refractivity contribution is 0.00853. The summed E-state index contributed by atoms with van der Waals surface area (Å²) in [6.45, 7) is 7.92. The van der Waals surface area contributed by atoms with Crippen LogP contribution in [0.25, 0.3) is 11.3 Å². The first-order valence-electron chi connectivity index (χ1n) is 12.6. The first-order chi connectivity index (χ1) is 18.2. The van der Waals surface area contributed by atoms with Crippen LogP contribution >= 0.6 is 0 Å². The Morgan fingerprint density at radius 3 is 2.55 bits per heavy atom. The molecule has 4 rings (SSSR count). The molecule has 0 aliphatic carbocycles. The smallest absolute Gasteiger partial charge is 0.410 e. The minimum Gasteiger partial charge on any atom is -0.461 e. The number of carbonyl (C=O) groups is 3. The van der Waals surface area contributed by atoms with Crippen molar-refractivity contribution in [1.82, 2.24) is 25.1 Å². The molecule has 1 unspecified atom stereocenters. The summed E-state index contributed by atoms with van der Waals surface area (Å²) in [5.74, 6) is -0.0748. The average Bonchev–Trinajstić information content (AvgIpc) is 3.34. The molecule has 11 heteroatoms. The van der Waals surface area contributed by atoms with Crippen LogP contribution in [0.4, 0.5) is 10.6 Å². The maximum Gasteiger partial charge on any atom is 0.410 e. The van der Waals surface area contributed by atoms with Gasteiger partial charge in [0.25, 0.3) is 5.91 Å². The van der Waals surface area contributed by atoms with E-state index in [1.807, 2.05) is 20.8 Å². The van der Waals surface area contributed by atoms with Crippen molar-refractivity contribution in [2.75, 3.05) is 18.5 Å². The van der Waals surface area contributed by atoms with E-state index >= 15 is 0 Å². The number of ether oxygens (including phenoxy) is 2. The Labute approximate surface area is 221 Å². The zero-order valence-electron chi connectivity index (χ0n) is 22.0. The van der Waals surface area contributed by atoms with Crippen LogP contribution in [0.15, 0.2) is 42.6 Å². The van der Waals surface area contributed by atoms with Crippen molar-refractivity contribution in [2.45, 2.75) is 58.6 Å². The maximum absolute atomic E-state index is 13.0. The zero-order chi connectivity index (χ0) is 27.3.